The molecule has 1 saturated carbocycles. The molecule has 1 aromatic carbocycles. The van der Waals surface area contributed by atoms with Gasteiger partial charge in [-0.25, -0.2) is 12.8 Å². The molecule has 0 unspecified atom stereocenters. The van der Waals surface area contributed by atoms with Gasteiger partial charge in [-0.3, -0.25) is 14.3 Å². The van der Waals surface area contributed by atoms with Crippen LogP contribution in [0.4, 0.5) is 4.39 Å². The molecule has 2 aromatic rings. The van der Waals surface area contributed by atoms with Gasteiger partial charge in [0, 0.05) is 37.2 Å². The van der Waals surface area contributed by atoms with Gasteiger partial charge < -0.3 is 15.0 Å². The number of azide groups is 1. The largest absolute Gasteiger partial charge is 0.347 e. The molecule has 1 aromatic heterocycles. The summed E-state index contributed by atoms with van der Waals surface area (Å²) in [4.78, 5) is 30.4. The number of aromatic nitrogens is 2. The van der Waals surface area contributed by atoms with Crippen LogP contribution in [0.15, 0.2) is 29.4 Å². The van der Waals surface area contributed by atoms with E-state index < -0.39 is 50.7 Å². The number of sulfone groups is 1. The Bertz CT molecular complexity index is 1540. The predicted octanol–water partition coefficient (Wildman–Crippen LogP) is 2.57. The number of carbonyl (C=O) groups is 2. The van der Waals surface area contributed by atoms with E-state index in [1.807, 2.05) is 6.07 Å². The molecule has 13 nitrogen and oxygen atoms in total. The lowest BCUT2D eigenvalue weighted by atomic mass is 10.0. The number of carbonyl (C=O) groups excluding carboxylic acids is 2. The number of ether oxygens (including phenoxy) is 1. The van der Waals surface area contributed by atoms with Crippen LogP contribution in [0.2, 0.25) is 0 Å². The fourth-order valence-corrected chi connectivity index (χ4v) is 7.33. The van der Waals surface area contributed by atoms with Gasteiger partial charge >= 0.3 is 0 Å². The summed E-state index contributed by atoms with van der Waals surface area (Å²) in [7, 11) is -2.33. The van der Waals surface area contributed by atoms with Crippen molar-refractivity contribution < 1.29 is 27.1 Å². The summed E-state index contributed by atoms with van der Waals surface area (Å²) in [6.45, 7) is 2.26. The number of hydrogen-bond donors (Lipinski definition) is 1. The summed E-state index contributed by atoms with van der Waals surface area (Å²) in [5.74, 6) is -0.858. The van der Waals surface area contributed by atoms with Crippen LogP contribution in [0, 0.1) is 11.3 Å². The van der Waals surface area contributed by atoms with Crippen molar-refractivity contribution in [1.29, 1.82) is 5.26 Å². The Morgan fingerprint density at radius 1 is 1.37 bits per heavy atom. The second kappa shape index (κ2) is 11.5. The van der Waals surface area contributed by atoms with Crippen molar-refractivity contribution in [1.82, 2.24) is 20.0 Å². The number of fused-ring (bicyclic) bond motifs is 1. The number of nitrogens with zero attached hydrogens (tertiary/aromatic N) is 7. The van der Waals surface area contributed by atoms with Crippen LogP contribution in [-0.4, -0.2) is 77.0 Å². The number of aryl methyl sites for hydroxylation is 1. The summed E-state index contributed by atoms with van der Waals surface area (Å²) >= 11 is 0. The Labute approximate surface area is 236 Å². The molecule has 41 heavy (non-hydrogen) atoms. The number of nitriles is 1. The Balaban J connectivity index is 1.44. The second-order valence-corrected chi connectivity index (χ2v) is 13.8. The first kappa shape index (κ1) is 30.0. The Kier molecular flexibility index (Phi) is 8.39. The van der Waals surface area contributed by atoms with Crippen LogP contribution in [-0.2, 0) is 34.6 Å². The SMILES string of the molecule is Cn1nc(C(=O)NCc2ccc(C#N)cc2)c2c1C(=O)N(CC1(S(=O)(=O)C(C)(C)CO[C@@H](F)CN=[N+]=[N-])CC1)CC2. The standard InChI is InChI=1S/C26H31FN8O5S/c1-25(2,16-40-20(27)14-31-33-29)41(38,39)26(9-10-26)15-35-11-8-19-21(32-34(3)22(19)24(35)37)23(36)30-13-18-6-4-17(12-28)5-7-18/h4-7,20H,8-11,13-16H2,1-3H3,(H,30,36)/t20-/m1/s1. The number of benzene rings is 1. The van der Waals surface area contributed by atoms with Gasteiger partial charge in [0.05, 0.1) is 34.3 Å². The molecule has 1 aliphatic heterocycles. The molecule has 0 spiro atoms. The van der Waals surface area contributed by atoms with Crippen LogP contribution >= 0.6 is 0 Å². The number of rotatable bonds is 12. The Hall–Kier alpha value is -3.99. The van der Waals surface area contributed by atoms with E-state index in [9.17, 15) is 22.4 Å². The van der Waals surface area contributed by atoms with Crippen molar-refractivity contribution in [3.8, 4) is 6.07 Å². The average Bonchev–Trinajstić information content (AvgIpc) is 3.67. The molecule has 0 bridgehead atoms. The van der Waals surface area contributed by atoms with Gasteiger partial charge in [-0.1, -0.05) is 17.2 Å². The minimum atomic E-state index is -3.89. The maximum absolute atomic E-state index is 13.9. The van der Waals surface area contributed by atoms with E-state index in [1.165, 1.54) is 23.4 Å². The van der Waals surface area contributed by atoms with Crippen molar-refractivity contribution in [3.05, 3.63) is 62.8 Å². The molecule has 1 fully saturated rings. The number of hydrogen-bond acceptors (Lipinski definition) is 8. The van der Waals surface area contributed by atoms with Gasteiger partial charge in [0.15, 0.2) is 15.5 Å². The molecule has 218 valence electrons. The minimum absolute atomic E-state index is 0.0415. The van der Waals surface area contributed by atoms with Crippen molar-refractivity contribution in [3.63, 3.8) is 0 Å². The van der Waals surface area contributed by atoms with Gasteiger partial charge in [0.2, 0.25) is 6.36 Å². The zero-order valence-electron chi connectivity index (χ0n) is 23.0. The fourth-order valence-electron chi connectivity index (χ4n) is 4.97. The molecular weight excluding hydrogens is 555 g/mol. The third-order valence-corrected chi connectivity index (χ3v) is 10.8. The van der Waals surface area contributed by atoms with Crippen molar-refractivity contribution in [2.45, 2.75) is 55.5 Å². The lowest BCUT2D eigenvalue weighted by Crippen LogP contribution is -2.52. The summed E-state index contributed by atoms with van der Waals surface area (Å²) in [6.07, 6.45) is -0.915. The molecule has 1 aliphatic carbocycles. The first-order valence-corrected chi connectivity index (χ1v) is 14.5. The number of amides is 2. The maximum atomic E-state index is 13.9. The fraction of sp³-hybridized carbons (Fsp3) is 0.538. The van der Waals surface area contributed by atoms with E-state index in [1.54, 1.807) is 31.3 Å². The highest BCUT2D eigenvalue weighted by atomic mass is 32.2. The predicted molar refractivity (Wildman–Crippen MR) is 145 cm³/mol. The van der Waals surface area contributed by atoms with E-state index >= 15 is 0 Å². The van der Waals surface area contributed by atoms with Crippen LogP contribution < -0.4 is 5.32 Å². The number of halogens is 1. The summed E-state index contributed by atoms with van der Waals surface area (Å²) in [5.41, 5.74) is 10.5. The lowest BCUT2D eigenvalue weighted by molar-refractivity contribution is -0.0385. The molecule has 2 heterocycles. The molecule has 15 heteroatoms. The Morgan fingerprint density at radius 2 is 2.05 bits per heavy atom. The average molecular weight is 587 g/mol. The van der Waals surface area contributed by atoms with Gasteiger partial charge in [-0.2, -0.15) is 10.4 Å². The van der Waals surface area contributed by atoms with E-state index in [-0.39, 0.29) is 31.0 Å². The molecular formula is C26H31FN8O5S. The van der Waals surface area contributed by atoms with Gasteiger partial charge in [0.1, 0.15) is 5.69 Å². The van der Waals surface area contributed by atoms with Crippen LogP contribution in [0.3, 0.4) is 0 Å². The first-order valence-electron chi connectivity index (χ1n) is 13.0. The lowest BCUT2D eigenvalue weighted by Gasteiger charge is -2.35. The van der Waals surface area contributed by atoms with Crippen molar-refractivity contribution in [2.24, 2.45) is 12.2 Å². The maximum Gasteiger partial charge on any atom is 0.272 e. The highest BCUT2D eigenvalue weighted by molar-refractivity contribution is 7.94. The van der Waals surface area contributed by atoms with Crippen LogP contribution in [0.25, 0.3) is 10.4 Å². The molecule has 2 amide bonds. The summed E-state index contributed by atoms with van der Waals surface area (Å²) < 4.78 is 44.9. The van der Waals surface area contributed by atoms with Crippen LogP contribution in [0.5, 0.6) is 0 Å². The zero-order chi connectivity index (χ0) is 30.0. The van der Waals surface area contributed by atoms with Gasteiger partial charge in [0.25, 0.3) is 11.8 Å². The molecule has 1 atom stereocenters. The van der Waals surface area contributed by atoms with Crippen molar-refractivity contribution in [2.75, 3.05) is 26.2 Å². The third-order valence-electron chi connectivity index (χ3n) is 7.50. The normalized spacial score (nSPS) is 16.8. The van der Waals surface area contributed by atoms with Gasteiger partial charge in [-0.15, -0.1) is 0 Å². The highest BCUT2D eigenvalue weighted by Crippen LogP contribution is 2.49. The molecule has 2 aliphatic rings. The molecule has 1 N–H and O–H groups in total. The molecule has 0 radical (unpaired) electrons. The monoisotopic (exact) mass is 586 g/mol. The number of alkyl halides is 1. The smallest absolute Gasteiger partial charge is 0.272 e. The Morgan fingerprint density at radius 3 is 2.66 bits per heavy atom. The molecule has 0 saturated heterocycles. The quantitative estimate of drug-likeness (QED) is 0.225. The van der Waals surface area contributed by atoms with Gasteiger partial charge in [-0.05, 0) is 56.3 Å². The minimum Gasteiger partial charge on any atom is -0.347 e. The van der Waals surface area contributed by atoms with E-state index in [4.69, 9.17) is 15.5 Å². The third kappa shape index (κ3) is 5.90. The van der Waals surface area contributed by atoms with E-state index in [2.05, 4.69) is 20.4 Å². The number of nitrogens with one attached hydrogen (secondary N) is 1. The van der Waals surface area contributed by atoms with E-state index in [0.29, 0.717) is 30.4 Å². The second-order valence-electron chi connectivity index (χ2n) is 10.8. The zero-order valence-corrected chi connectivity index (χ0v) is 23.8. The summed E-state index contributed by atoms with van der Waals surface area (Å²) in [5, 5.41) is 19.1. The topological polar surface area (TPSA) is 183 Å². The van der Waals surface area contributed by atoms with Crippen LogP contribution in [0.1, 0.15) is 64.4 Å². The summed E-state index contributed by atoms with van der Waals surface area (Å²) in [6, 6.07) is 8.82. The highest BCUT2D eigenvalue weighted by Gasteiger charge is 2.61. The first-order chi connectivity index (χ1) is 19.4. The van der Waals surface area contributed by atoms with Crippen molar-refractivity contribution >= 4 is 21.7 Å². The molecule has 4 rings (SSSR count). The van der Waals surface area contributed by atoms with E-state index in [0.717, 1.165) is 5.56 Å².